The van der Waals surface area contributed by atoms with Gasteiger partial charge in [-0.2, -0.15) is 0 Å². The molecule has 0 aliphatic carbocycles. The third-order valence-electron chi connectivity index (χ3n) is 3.40. The average molecular weight is 319 g/mol. The Kier molecular flexibility index (Phi) is 6.05. The number of hydrogen-bond acceptors (Lipinski definition) is 3. The molecule has 0 saturated carbocycles. The summed E-state index contributed by atoms with van der Waals surface area (Å²) in [7, 11) is -3.14. The van der Waals surface area contributed by atoms with Crippen molar-refractivity contribution in [3.63, 3.8) is 0 Å². The van der Waals surface area contributed by atoms with Crippen molar-refractivity contribution in [1.82, 2.24) is 0 Å². The molecule has 0 bridgehead atoms. The van der Waals surface area contributed by atoms with Crippen molar-refractivity contribution in [2.75, 3.05) is 12.4 Å². The molecule has 0 aliphatic heterocycles. The smallest absolute Gasteiger partial charge is 0.155 e. The lowest BCUT2D eigenvalue weighted by Gasteiger charge is -2.21. The van der Waals surface area contributed by atoms with Crippen molar-refractivity contribution in [2.45, 2.75) is 38.4 Å². The highest BCUT2D eigenvalue weighted by Crippen LogP contribution is 2.21. The van der Waals surface area contributed by atoms with Crippen LogP contribution < -0.4 is 0 Å². The summed E-state index contributed by atoms with van der Waals surface area (Å²) in [6.45, 7) is 5.08. The van der Waals surface area contributed by atoms with Crippen LogP contribution in [0.1, 0.15) is 32.8 Å². The van der Waals surface area contributed by atoms with Gasteiger partial charge in [0.15, 0.2) is 9.84 Å². The van der Waals surface area contributed by atoms with Crippen molar-refractivity contribution in [2.24, 2.45) is 5.92 Å². The van der Waals surface area contributed by atoms with Gasteiger partial charge in [0.25, 0.3) is 0 Å². The maximum Gasteiger partial charge on any atom is 0.155 e. The third-order valence-corrected chi connectivity index (χ3v) is 6.27. The Labute approximate surface area is 126 Å². The minimum absolute atomic E-state index is 0.0217. The Hall–Kier alpha value is -0.580. The van der Waals surface area contributed by atoms with Gasteiger partial charge >= 0.3 is 0 Å². The van der Waals surface area contributed by atoms with Crippen LogP contribution in [0.2, 0.25) is 5.02 Å². The fourth-order valence-electron chi connectivity index (χ4n) is 1.88. The summed E-state index contributed by atoms with van der Waals surface area (Å²) in [4.78, 5) is 0. The van der Waals surface area contributed by atoms with Crippen molar-refractivity contribution >= 4 is 21.4 Å². The minimum Gasteiger partial charge on any atom is -0.396 e. The van der Waals surface area contributed by atoms with Crippen LogP contribution in [0.25, 0.3) is 0 Å². The molecule has 0 aliphatic rings. The number of hydrogen-bond donors (Lipinski definition) is 1. The maximum atomic E-state index is 12.1. The second-order valence-corrected chi connectivity index (χ2v) is 9.40. The van der Waals surface area contributed by atoms with Gasteiger partial charge in [0.2, 0.25) is 0 Å². The van der Waals surface area contributed by atoms with Gasteiger partial charge in [-0.3, -0.25) is 0 Å². The van der Waals surface area contributed by atoms with Gasteiger partial charge in [-0.1, -0.05) is 23.7 Å². The fourth-order valence-corrected chi connectivity index (χ4v) is 3.35. The third kappa shape index (κ3) is 5.08. The van der Waals surface area contributed by atoms with Crippen LogP contribution in [0.15, 0.2) is 24.3 Å². The first kappa shape index (κ1) is 17.5. The maximum absolute atomic E-state index is 12.1. The minimum atomic E-state index is -3.14. The molecule has 1 atom stereocenters. The molecular formula is C15H23ClO3S. The van der Waals surface area contributed by atoms with E-state index in [1.165, 1.54) is 0 Å². The van der Waals surface area contributed by atoms with Gasteiger partial charge in [0.1, 0.15) is 0 Å². The van der Waals surface area contributed by atoms with E-state index in [-0.39, 0.29) is 18.3 Å². The SMILES string of the molecule is CC(C)(C)S(=O)(=O)CCC(CO)Cc1cccc(Cl)c1. The van der Waals surface area contributed by atoms with Crippen molar-refractivity contribution in [3.8, 4) is 0 Å². The molecule has 114 valence electrons. The number of halogens is 1. The zero-order valence-electron chi connectivity index (χ0n) is 12.3. The van der Waals surface area contributed by atoms with Gasteiger partial charge in [-0.05, 0) is 57.2 Å². The van der Waals surface area contributed by atoms with Crippen LogP contribution in [-0.4, -0.2) is 30.6 Å². The summed E-state index contributed by atoms with van der Waals surface area (Å²) in [6.07, 6.45) is 1.10. The molecule has 1 unspecified atom stereocenters. The standard InChI is InChI=1S/C15H23ClO3S/c1-15(2,3)20(18,19)8-7-13(11-17)9-12-5-4-6-14(16)10-12/h4-6,10,13,17H,7-9,11H2,1-3H3. The zero-order chi connectivity index (χ0) is 15.4. The highest BCUT2D eigenvalue weighted by Gasteiger charge is 2.29. The Morgan fingerprint density at radius 1 is 1.30 bits per heavy atom. The highest BCUT2D eigenvalue weighted by molar-refractivity contribution is 7.92. The molecule has 20 heavy (non-hydrogen) atoms. The van der Waals surface area contributed by atoms with Gasteiger partial charge in [0.05, 0.1) is 10.5 Å². The number of rotatable bonds is 6. The number of aliphatic hydroxyl groups excluding tert-OH is 1. The molecule has 0 saturated heterocycles. The second kappa shape index (κ2) is 6.92. The first-order chi connectivity index (χ1) is 9.15. The van der Waals surface area contributed by atoms with E-state index >= 15 is 0 Å². The Morgan fingerprint density at radius 3 is 2.45 bits per heavy atom. The summed E-state index contributed by atoms with van der Waals surface area (Å²) < 4.78 is 23.4. The quantitative estimate of drug-likeness (QED) is 0.877. The van der Waals surface area contributed by atoms with Crippen LogP contribution in [0.4, 0.5) is 0 Å². The number of benzene rings is 1. The predicted molar refractivity (Wildman–Crippen MR) is 83.9 cm³/mol. The van der Waals surface area contributed by atoms with Crippen LogP contribution in [0.3, 0.4) is 0 Å². The lowest BCUT2D eigenvalue weighted by molar-refractivity contribution is 0.222. The van der Waals surface area contributed by atoms with Gasteiger partial charge < -0.3 is 5.11 Å². The van der Waals surface area contributed by atoms with E-state index in [9.17, 15) is 13.5 Å². The molecule has 1 aromatic carbocycles. The van der Waals surface area contributed by atoms with Crippen LogP contribution in [0.5, 0.6) is 0 Å². The molecule has 0 aromatic heterocycles. The lowest BCUT2D eigenvalue weighted by Crippen LogP contribution is -2.31. The van der Waals surface area contributed by atoms with Gasteiger partial charge in [-0.15, -0.1) is 0 Å². The van der Waals surface area contributed by atoms with Crippen LogP contribution in [0, 0.1) is 5.92 Å². The predicted octanol–water partition coefficient (Wildman–Crippen LogP) is 3.09. The first-order valence-corrected chi connectivity index (χ1v) is 8.76. The first-order valence-electron chi connectivity index (χ1n) is 6.73. The van der Waals surface area contributed by atoms with E-state index in [4.69, 9.17) is 11.6 Å². The molecule has 1 aromatic rings. The van der Waals surface area contributed by atoms with Crippen molar-refractivity contribution < 1.29 is 13.5 Å². The molecule has 0 amide bonds. The fraction of sp³-hybridized carbons (Fsp3) is 0.600. The highest BCUT2D eigenvalue weighted by atomic mass is 35.5. The lowest BCUT2D eigenvalue weighted by atomic mass is 9.98. The van der Waals surface area contributed by atoms with E-state index in [0.717, 1.165) is 5.56 Å². The summed E-state index contributed by atoms with van der Waals surface area (Å²) in [5, 5.41) is 10.1. The van der Waals surface area contributed by atoms with Crippen molar-refractivity contribution in [3.05, 3.63) is 34.9 Å². The zero-order valence-corrected chi connectivity index (χ0v) is 13.8. The topological polar surface area (TPSA) is 54.4 Å². The van der Waals surface area contributed by atoms with E-state index in [2.05, 4.69) is 0 Å². The average Bonchev–Trinajstić information content (AvgIpc) is 2.33. The summed E-state index contributed by atoms with van der Waals surface area (Å²) in [5.41, 5.74) is 1.02. The number of sulfone groups is 1. The molecular weight excluding hydrogens is 296 g/mol. The number of aliphatic hydroxyl groups is 1. The molecule has 1 N–H and O–H groups in total. The largest absolute Gasteiger partial charge is 0.396 e. The Bertz CT molecular complexity index is 532. The van der Waals surface area contributed by atoms with Crippen LogP contribution >= 0.6 is 11.6 Å². The normalized spacial score (nSPS) is 14.2. The molecule has 0 spiro atoms. The van der Waals surface area contributed by atoms with Gasteiger partial charge in [0, 0.05) is 11.6 Å². The molecule has 0 heterocycles. The monoisotopic (exact) mass is 318 g/mol. The second-order valence-electron chi connectivity index (χ2n) is 6.10. The van der Waals surface area contributed by atoms with Crippen molar-refractivity contribution in [1.29, 1.82) is 0 Å². The van der Waals surface area contributed by atoms with E-state index in [0.29, 0.717) is 17.9 Å². The molecule has 0 fully saturated rings. The van der Waals surface area contributed by atoms with E-state index < -0.39 is 14.6 Å². The Balaban J connectivity index is 2.65. The molecule has 1 rings (SSSR count). The van der Waals surface area contributed by atoms with Crippen LogP contribution in [-0.2, 0) is 16.3 Å². The summed E-state index contributed by atoms with van der Waals surface area (Å²) in [5.74, 6) is 0.0352. The molecule has 0 radical (unpaired) electrons. The van der Waals surface area contributed by atoms with E-state index in [1.54, 1.807) is 26.8 Å². The summed E-state index contributed by atoms with van der Waals surface area (Å²) >= 11 is 5.92. The molecule has 3 nitrogen and oxygen atoms in total. The van der Waals surface area contributed by atoms with E-state index in [1.807, 2.05) is 18.2 Å². The Morgan fingerprint density at radius 2 is 1.95 bits per heavy atom. The summed E-state index contributed by atoms with van der Waals surface area (Å²) in [6, 6.07) is 7.44. The molecule has 5 heteroatoms. The van der Waals surface area contributed by atoms with Gasteiger partial charge in [-0.25, -0.2) is 8.42 Å².